The average molecular weight is 375 g/mol. The first-order chi connectivity index (χ1) is 12.2. The highest BCUT2D eigenvalue weighted by Crippen LogP contribution is 2.47. The number of ether oxygens (including phenoxy) is 1. The number of benzene rings is 2. The molecule has 0 spiro atoms. The highest BCUT2D eigenvalue weighted by Gasteiger charge is 2.35. The number of hydrogen-bond donors (Lipinski definition) is 1. The molecule has 3 aromatic rings. The highest BCUT2D eigenvalue weighted by molar-refractivity contribution is 8.00. The molecule has 25 heavy (non-hydrogen) atoms. The molecular weight excluding hydrogens is 359 g/mol. The molecule has 4 rings (SSSR count). The standard InChI is InChI=1S/C19H16ClFN2OS/c20-13-3-1-12(2-4-13)11-24-19-15-9-14(21)5-6-16(15)25-17(19)10-18-22-7-8-23-18/h1-9,17,19H,10-11H2,(H,22,23)/t17-,19-/m0/s1. The third-order valence-electron chi connectivity index (χ3n) is 4.19. The van der Waals surface area contributed by atoms with Crippen molar-refractivity contribution in [3.8, 4) is 0 Å². The van der Waals surface area contributed by atoms with Crippen LogP contribution < -0.4 is 0 Å². The summed E-state index contributed by atoms with van der Waals surface area (Å²) in [6, 6.07) is 12.5. The fourth-order valence-electron chi connectivity index (χ4n) is 2.99. The Morgan fingerprint density at radius 2 is 2.04 bits per heavy atom. The second-order valence-electron chi connectivity index (χ2n) is 5.94. The Morgan fingerprint density at radius 3 is 2.80 bits per heavy atom. The molecule has 0 bridgehead atoms. The zero-order chi connectivity index (χ0) is 17.2. The lowest BCUT2D eigenvalue weighted by molar-refractivity contribution is 0.0390. The van der Waals surface area contributed by atoms with E-state index in [2.05, 4.69) is 9.97 Å². The van der Waals surface area contributed by atoms with Gasteiger partial charge in [0.05, 0.1) is 12.7 Å². The van der Waals surface area contributed by atoms with E-state index in [-0.39, 0.29) is 17.2 Å². The molecule has 0 fully saturated rings. The number of nitrogens with one attached hydrogen (secondary N) is 1. The van der Waals surface area contributed by atoms with Crippen LogP contribution in [0.5, 0.6) is 0 Å². The van der Waals surface area contributed by atoms with E-state index in [0.29, 0.717) is 11.6 Å². The van der Waals surface area contributed by atoms with Crippen molar-refractivity contribution in [3.63, 3.8) is 0 Å². The minimum Gasteiger partial charge on any atom is -0.368 e. The minimum absolute atomic E-state index is 0.148. The van der Waals surface area contributed by atoms with Gasteiger partial charge in [-0.25, -0.2) is 9.37 Å². The van der Waals surface area contributed by atoms with Gasteiger partial charge in [0.25, 0.3) is 0 Å². The molecule has 1 aromatic heterocycles. The second-order valence-corrected chi connectivity index (χ2v) is 7.65. The molecule has 0 unspecified atom stereocenters. The van der Waals surface area contributed by atoms with Gasteiger partial charge in [0.1, 0.15) is 11.6 Å². The first-order valence-electron chi connectivity index (χ1n) is 7.99. The van der Waals surface area contributed by atoms with Crippen LogP contribution in [-0.2, 0) is 17.8 Å². The first kappa shape index (κ1) is 16.6. The van der Waals surface area contributed by atoms with Crippen LogP contribution in [0.15, 0.2) is 59.8 Å². The van der Waals surface area contributed by atoms with Crippen LogP contribution in [0.25, 0.3) is 0 Å². The summed E-state index contributed by atoms with van der Waals surface area (Å²) in [5.74, 6) is 0.670. The fraction of sp³-hybridized carbons (Fsp3) is 0.211. The van der Waals surface area contributed by atoms with Gasteiger partial charge in [-0.2, -0.15) is 0 Å². The second kappa shape index (κ2) is 7.20. The van der Waals surface area contributed by atoms with Gasteiger partial charge in [-0.1, -0.05) is 23.7 Å². The maximum atomic E-state index is 13.7. The molecule has 1 N–H and O–H groups in total. The Kier molecular flexibility index (Phi) is 4.79. The molecule has 6 heteroatoms. The molecule has 128 valence electrons. The van der Waals surface area contributed by atoms with Gasteiger partial charge in [0, 0.05) is 34.0 Å². The quantitative estimate of drug-likeness (QED) is 0.668. The third kappa shape index (κ3) is 3.73. The monoisotopic (exact) mass is 374 g/mol. The summed E-state index contributed by atoms with van der Waals surface area (Å²) in [6.45, 7) is 0.451. The lowest BCUT2D eigenvalue weighted by atomic mass is 10.0. The van der Waals surface area contributed by atoms with Gasteiger partial charge in [-0.05, 0) is 41.5 Å². The van der Waals surface area contributed by atoms with Gasteiger partial charge in [0.15, 0.2) is 0 Å². The predicted octanol–water partition coefficient (Wildman–Crippen LogP) is 5.18. The largest absolute Gasteiger partial charge is 0.368 e. The van der Waals surface area contributed by atoms with E-state index in [1.807, 2.05) is 36.5 Å². The molecule has 2 atom stereocenters. The molecule has 2 aromatic carbocycles. The van der Waals surface area contributed by atoms with Crippen molar-refractivity contribution in [2.75, 3.05) is 0 Å². The molecule has 1 aliphatic heterocycles. The van der Waals surface area contributed by atoms with Gasteiger partial charge >= 0.3 is 0 Å². The van der Waals surface area contributed by atoms with Crippen LogP contribution in [0.2, 0.25) is 5.02 Å². The molecule has 0 aliphatic carbocycles. The lowest BCUT2D eigenvalue weighted by Gasteiger charge is -2.20. The van der Waals surface area contributed by atoms with Crippen LogP contribution in [0, 0.1) is 5.82 Å². The Hall–Kier alpha value is -1.82. The van der Waals surface area contributed by atoms with E-state index in [0.717, 1.165) is 28.3 Å². The van der Waals surface area contributed by atoms with E-state index in [9.17, 15) is 4.39 Å². The molecule has 2 heterocycles. The summed E-state index contributed by atoms with van der Waals surface area (Å²) in [6.07, 6.45) is 4.10. The summed E-state index contributed by atoms with van der Waals surface area (Å²) in [7, 11) is 0. The number of H-pyrrole nitrogens is 1. The van der Waals surface area contributed by atoms with Gasteiger partial charge in [-0.3, -0.25) is 0 Å². The Morgan fingerprint density at radius 1 is 1.20 bits per heavy atom. The van der Waals surface area contributed by atoms with E-state index >= 15 is 0 Å². The SMILES string of the molecule is Fc1ccc2c(c1)[C@H](OCc1ccc(Cl)cc1)[C@H](Cc1ncc[nH]1)S2. The number of fused-ring (bicyclic) bond motifs is 1. The molecule has 3 nitrogen and oxygen atoms in total. The summed E-state index contributed by atoms with van der Waals surface area (Å²) in [5, 5.41) is 0.846. The van der Waals surface area contributed by atoms with Crippen molar-refractivity contribution in [1.82, 2.24) is 9.97 Å². The van der Waals surface area contributed by atoms with Crippen LogP contribution in [0.3, 0.4) is 0 Å². The predicted molar refractivity (Wildman–Crippen MR) is 97.3 cm³/mol. The third-order valence-corrected chi connectivity index (χ3v) is 5.78. The van der Waals surface area contributed by atoms with Crippen LogP contribution in [0.4, 0.5) is 4.39 Å². The van der Waals surface area contributed by atoms with Crippen LogP contribution in [-0.4, -0.2) is 15.2 Å². The van der Waals surface area contributed by atoms with E-state index in [1.54, 1.807) is 24.0 Å². The number of halogens is 2. The number of aromatic amines is 1. The summed E-state index contributed by atoms with van der Waals surface area (Å²) < 4.78 is 19.9. The molecule has 0 saturated carbocycles. The molecule has 0 amide bonds. The maximum Gasteiger partial charge on any atom is 0.123 e. The number of hydrogen-bond acceptors (Lipinski definition) is 3. The molecule has 0 saturated heterocycles. The number of rotatable bonds is 5. The summed E-state index contributed by atoms with van der Waals surface area (Å²) >= 11 is 7.65. The minimum atomic E-state index is -0.238. The number of imidazole rings is 1. The smallest absolute Gasteiger partial charge is 0.123 e. The summed E-state index contributed by atoms with van der Waals surface area (Å²) in [4.78, 5) is 8.51. The van der Waals surface area contributed by atoms with E-state index in [4.69, 9.17) is 16.3 Å². The first-order valence-corrected chi connectivity index (χ1v) is 9.25. The fourth-order valence-corrected chi connectivity index (χ4v) is 4.49. The molecule has 0 radical (unpaired) electrons. The van der Waals surface area contributed by atoms with E-state index in [1.165, 1.54) is 6.07 Å². The average Bonchev–Trinajstić information content (AvgIpc) is 3.22. The van der Waals surface area contributed by atoms with Gasteiger partial charge in [-0.15, -0.1) is 11.8 Å². The van der Waals surface area contributed by atoms with Crippen molar-refractivity contribution in [2.24, 2.45) is 0 Å². The zero-order valence-corrected chi connectivity index (χ0v) is 14.9. The number of nitrogens with zero attached hydrogens (tertiary/aromatic N) is 1. The highest BCUT2D eigenvalue weighted by atomic mass is 35.5. The van der Waals surface area contributed by atoms with Crippen LogP contribution in [0.1, 0.15) is 23.1 Å². The molecule has 1 aliphatic rings. The normalized spacial score (nSPS) is 19.1. The zero-order valence-electron chi connectivity index (χ0n) is 13.3. The number of thioether (sulfide) groups is 1. The van der Waals surface area contributed by atoms with E-state index < -0.39 is 0 Å². The maximum absolute atomic E-state index is 13.7. The van der Waals surface area contributed by atoms with Crippen molar-refractivity contribution >= 4 is 23.4 Å². The number of aromatic nitrogens is 2. The topological polar surface area (TPSA) is 37.9 Å². The van der Waals surface area contributed by atoms with Crippen molar-refractivity contribution in [1.29, 1.82) is 0 Å². The van der Waals surface area contributed by atoms with Crippen LogP contribution >= 0.6 is 23.4 Å². The summed E-state index contributed by atoms with van der Waals surface area (Å²) in [5.41, 5.74) is 1.95. The Bertz CT molecular complexity index is 854. The van der Waals surface area contributed by atoms with Gasteiger partial charge < -0.3 is 9.72 Å². The lowest BCUT2D eigenvalue weighted by Crippen LogP contribution is -2.17. The van der Waals surface area contributed by atoms with Crippen molar-refractivity contribution in [2.45, 2.75) is 29.3 Å². The molecular formula is C19H16ClFN2OS. The Labute approximate surface area is 154 Å². The Balaban J connectivity index is 1.55. The van der Waals surface area contributed by atoms with Gasteiger partial charge in [0.2, 0.25) is 0 Å². The van der Waals surface area contributed by atoms with Crippen molar-refractivity contribution < 1.29 is 9.13 Å². The van der Waals surface area contributed by atoms with Crippen molar-refractivity contribution in [3.05, 3.63) is 82.6 Å².